The number of nitrogens with zero attached hydrogens (tertiary/aromatic N) is 2. The van der Waals surface area contributed by atoms with Gasteiger partial charge in [-0.3, -0.25) is 4.40 Å². The predicted octanol–water partition coefficient (Wildman–Crippen LogP) is 0.0917. The third kappa shape index (κ3) is 0.485. The molecule has 0 aliphatic heterocycles. The Morgan fingerprint density at radius 1 is 1.50 bits per heavy atom. The molecule has 0 aliphatic rings. The van der Waals surface area contributed by atoms with Crippen molar-refractivity contribution in [1.82, 2.24) is 9.38 Å². The van der Waals surface area contributed by atoms with Gasteiger partial charge in [0.15, 0.2) is 5.82 Å². The van der Waals surface area contributed by atoms with Crippen molar-refractivity contribution in [3.05, 3.63) is 12.5 Å². The molecule has 2 rings (SSSR count). The molecule has 2 aromatic heterocycles. The van der Waals surface area contributed by atoms with E-state index >= 15 is 0 Å². The van der Waals surface area contributed by atoms with Crippen molar-refractivity contribution < 1.29 is 4.42 Å². The lowest BCUT2D eigenvalue weighted by Crippen LogP contribution is -1.82. The third-order valence-electron chi connectivity index (χ3n) is 1.26. The minimum absolute atomic E-state index is 0.337. The Bertz CT molecular complexity index is 360. The van der Waals surface area contributed by atoms with Gasteiger partial charge in [-0.1, -0.05) is 0 Å². The molecular weight excluding hydrogens is 132 g/mol. The second-order valence-electron chi connectivity index (χ2n) is 1.98. The van der Waals surface area contributed by atoms with E-state index in [1.807, 2.05) is 0 Å². The fraction of sp³-hybridized carbons (Fsp3) is 0. The van der Waals surface area contributed by atoms with Gasteiger partial charge in [0.2, 0.25) is 11.6 Å². The van der Waals surface area contributed by atoms with Gasteiger partial charge in [-0.15, -0.1) is 0 Å². The molecule has 0 saturated heterocycles. The maximum Gasteiger partial charge on any atom is 0.250 e. The van der Waals surface area contributed by atoms with Gasteiger partial charge >= 0.3 is 0 Å². The van der Waals surface area contributed by atoms with Crippen LogP contribution in [0.15, 0.2) is 16.9 Å². The molecule has 2 aromatic rings. The molecule has 4 N–H and O–H groups in total. The Balaban J connectivity index is 2.90. The first-order chi connectivity index (χ1) is 4.77. The van der Waals surface area contributed by atoms with Gasteiger partial charge in [0, 0.05) is 0 Å². The van der Waals surface area contributed by atoms with E-state index in [1.165, 1.54) is 0 Å². The van der Waals surface area contributed by atoms with Gasteiger partial charge < -0.3 is 15.9 Å². The Labute approximate surface area is 56.2 Å². The van der Waals surface area contributed by atoms with Crippen molar-refractivity contribution in [2.75, 3.05) is 11.5 Å². The van der Waals surface area contributed by atoms with Crippen LogP contribution in [0.2, 0.25) is 0 Å². The van der Waals surface area contributed by atoms with Crippen molar-refractivity contribution in [3.8, 4) is 0 Å². The summed E-state index contributed by atoms with van der Waals surface area (Å²) >= 11 is 0. The van der Waals surface area contributed by atoms with Crippen molar-refractivity contribution in [3.63, 3.8) is 0 Å². The molecule has 52 valence electrons. The lowest BCUT2D eigenvalue weighted by Gasteiger charge is -1.78. The maximum absolute atomic E-state index is 5.41. The molecule has 0 unspecified atom stereocenters. The largest absolute Gasteiger partial charge is 0.419 e. The fourth-order valence-electron chi connectivity index (χ4n) is 0.836. The molecule has 0 atom stereocenters. The number of imidazole rings is 1. The van der Waals surface area contributed by atoms with Gasteiger partial charge in [-0.2, -0.15) is 0 Å². The topological polar surface area (TPSA) is 82.5 Å². The van der Waals surface area contributed by atoms with Crippen LogP contribution in [0.4, 0.5) is 11.7 Å². The Kier molecular flexibility index (Phi) is 0.743. The van der Waals surface area contributed by atoms with Crippen LogP contribution in [0, 0.1) is 0 Å². The zero-order chi connectivity index (χ0) is 7.14. The molecule has 0 aromatic carbocycles. The monoisotopic (exact) mass is 138 g/mol. The zero-order valence-electron chi connectivity index (χ0n) is 5.11. The second kappa shape index (κ2) is 1.44. The van der Waals surface area contributed by atoms with E-state index in [2.05, 4.69) is 4.98 Å². The minimum Gasteiger partial charge on any atom is -0.419 e. The molecule has 5 heteroatoms. The third-order valence-corrected chi connectivity index (χ3v) is 1.26. The van der Waals surface area contributed by atoms with Crippen molar-refractivity contribution >= 4 is 17.4 Å². The standard InChI is InChI=1S/C5H6N4O/c6-3-1-9-2-8-4(7)5(9)10-3/h1-2H,6-7H2. The summed E-state index contributed by atoms with van der Waals surface area (Å²) in [6.07, 6.45) is 3.16. The summed E-state index contributed by atoms with van der Waals surface area (Å²) in [5.74, 6) is 0.695. The zero-order valence-corrected chi connectivity index (χ0v) is 5.11. The van der Waals surface area contributed by atoms with Crippen molar-refractivity contribution in [2.45, 2.75) is 0 Å². The van der Waals surface area contributed by atoms with Gasteiger partial charge in [0.05, 0.1) is 6.20 Å². The average molecular weight is 138 g/mol. The van der Waals surface area contributed by atoms with E-state index in [0.29, 0.717) is 17.4 Å². The molecule has 10 heavy (non-hydrogen) atoms. The van der Waals surface area contributed by atoms with Gasteiger partial charge in [-0.25, -0.2) is 4.98 Å². The average Bonchev–Trinajstić information content (AvgIpc) is 2.35. The highest BCUT2D eigenvalue weighted by atomic mass is 16.4. The van der Waals surface area contributed by atoms with Crippen LogP contribution in [0.25, 0.3) is 5.71 Å². The van der Waals surface area contributed by atoms with Gasteiger partial charge in [0.1, 0.15) is 6.33 Å². The first-order valence-electron chi connectivity index (χ1n) is 2.75. The lowest BCUT2D eigenvalue weighted by atomic mass is 10.7. The number of fused-ring (bicyclic) bond motifs is 1. The molecule has 0 amide bonds. The summed E-state index contributed by atoms with van der Waals surface area (Å²) < 4.78 is 6.62. The number of oxazole rings is 1. The molecule has 5 nitrogen and oxygen atoms in total. The molecule has 0 saturated carbocycles. The Morgan fingerprint density at radius 3 is 3.00 bits per heavy atom. The quantitative estimate of drug-likeness (QED) is 0.540. The molecular formula is C5H6N4O. The van der Waals surface area contributed by atoms with Gasteiger partial charge in [-0.05, 0) is 0 Å². The van der Waals surface area contributed by atoms with E-state index in [0.717, 1.165) is 0 Å². The lowest BCUT2D eigenvalue weighted by molar-refractivity contribution is 0.630. The van der Waals surface area contributed by atoms with E-state index < -0.39 is 0 Å². The maximum atomic E-state index is 5.41. The highest BCUT2D eigenvalue weighted by molar-refractivity contribution is 5.59. The van der Waals surface area contributed by atoms with E-state index in [-0.39, 0.29) is 0 Å². The highest BCUT2D eigenvalue weighted by Crippen LogP contribution is 2.15. The summed E-state index contributed by atoms with van der Waals surface area (Å²) in [7, 11) is 0. The predicted molar refractivity (Wildman–Crippen MR) is 36.3 cm³/mol. The van der Waals surface area contributed by atoms with Crippen LogP contribution < -0.4 is 11.5 Å². The first kappa shape index (κ1) is 5.16. The normalized spacial score (nSPS) is 10.8. The summed E-state index contributed by atoms with van der Waals surface area (Å²) in [5.41, 5.74) is 11.2. The number of anilines is 2. The number of hydrogen-bond donors (Lipinski definition) is 2. The molecule has 0 aliphatic carbocycles. The number of hydrogen-bond acceptors (Lipinski definition) is 4. The molecule has 2 heterocycles. The Hall–Kier alpha value is -1.65. The van der Waals surface area contributed by atoms with Crippen LogP contribution >= 0.6 is 0 Å². The highest BCUT2D eigenvalue weighted by Gasteiger charge is 2.03. The first-order valence-corrected chi connectivity index (χ1v) is 2.75. The van der Waals surface area contributed by atoms with Crippen LogP contribution in [-0.4, -0.2) is 9.38 Å². The SMILES string of the molecule is Nc1cn2cnc(N)c2o1. The number of rotatable bonds is 0. The van der Waals surface area contributed by atoms with Crippen LogP contribution in [0.1, 0.15) is 0 Å². The van der Waals surface area contributed by atoms with Gasteiger partial charge in [0.25, 0.3) is 0 Å². The summed E-state index contributed by atoms with van der Waals surface area (Å²) in [6, 6.07) is 0. The molecule has 0 bridgehead atoms. The van der Waals surface area contributed by atoms with E-state index in [4.69, 9.17) is 15.9 Å². The number of nitrogens with two attached hydrogens (primary N) is 2. The number of nitrogen functional groups attached to an aromatic ring is 2. The number of aromatic nitrogens is 2. The van der Waals surface area contributed by atoms with Crippen LogP contribution in [-0.2, 0) is 0 Å². The van der Waals surface area contributed by atoms with Crippen LogP contribution in [0.5, 0.6) is 0 Å². The minimum atomic E-state index is 0.337. The smallest absolute Gasteiger partial charge is 0.250 e. The molecule has 0 spiro atoms. The van der Waals surface area contributed by atoms with E-state index in [1.54, 1.807) is 16.9 Å². The fourth-order valence-corrected chi connectivity index (χ4v) is 0.836. The van der Waals surface area contributed by atoms with Crippen LogP contribution in [0.3, 0.4) is 0 Å². The van der Waals surface area contributed by atoms with Crippen molar-refractivity contribution in [1.29, 1.82) is 0 Å². The second-order valence-corrected chi connectivity index (χ2v) is 1.98. The Morgan fingerprint density at radius 2 is 2.30 bits per heavy atom. The molecule has 0 radical (unpaired) electrons. The van der Waals surface area contributed by atoms with E-state index in [9.17, 15) is 0 Å². The summed E-state index contributed by atoms with van der Waals surface area (Å²) in [5, 5.41) is 0. The van der Waals surface area contributed by atoms with Crippen molar-refractivity contribution in [2.24, 2.45) is 0 Å². The summed E-state index contributed by atoms with van der Waals surface area (Å²) in [4.78, 5) is 3.79. The summed E-state index contributed by atoms with van der Waals surface area (Å²) in [6.45, 7) is 0. The molecule has 0 fully saturated rings.